The van der Waals surface area contributed by atoms with Gasteiger partial charge in [0, 0.05) is 19.8 Å². The minimum absolute atomic E-state index is 1.08. The van der Waals surface area contributed by atoms with Crippen LogP contribution in [0.1, 0.15) is 0 Å². The molecule has 0 N–H and O–H groups in total. The van der Waals surface area contributed by atoms with E-state index in [9.17, 15) is 0 Å². The zero-order valence-electron chi connectivity index (χ0n) is 8.37. The topological polar surface area (TPSA) is 16.1 Å². The normalized spacial score (nSPS) is 10.2. The molecule has 0 bridgehead atoms. The highest BCUT2D eigenvalue weighted by molar-refractivity contribution is 7.99. The molecule has 2 nitrogen and oxygen atoms in total. The molecule has 0 unspecified atom stereocenters. The summed E-state index contributed by atoms with van der Waals surface area (Å²) in [6, 6.07) is 4.20. The molecule has 72 valence electrons. The molecule has 0 saturated carbocycles. The summed E-state index contributed by atoms with van der Waals surface area (Å²) in [5.74, 6) is 0. The fraction of sp³-hybridized carbons (Fsp3) is 0.444. The summed E-state index contributed by atoms with van der Waals surface area (Å²) in [6.07, 6.45) is 4.10. The molecule has 0 aromatic carbocycles. The van der Waals surface area contributed by atoms with Crippen molar-refractivity contribution < 1.29 is 0 Å². The van der Waals surface area contributed by atoms with Crippen molar-refractivity contribution >= 4 is 29.2 Å². The predicted octanol–water partition coefficient (Wildman–Crippen LogP) is 2.59. The van der Waals surface area contributed by atoms with E-state index >= 15 is 0 Å². The van der Waals surface area contributed by atoms with Crippen molar-refractivity contribution in [2.45, 2.75) is 10.1 Å². The van der Waals surface area contributed by atoms with Crippen LogP contribution in [0.3, 0.4) is 0 Å². The lowest BCUT2D eigenvalue weighted by molar-refractivity contribution is 0.986. The molecule has 1 aromatic rings. The molecule has 1 aromatic heterocycles. The van der Waals surface area contributed by atoms with Crippen LogP contribution in [-0.4, -0.2) is 31.6 Å². The Kier molecular flexibility index (Phi) is 3.93. The Hall–Kier alpha value is -0.350. The van der Waals surface area contributed by atoms with E-state index in [-0.39, 0.29) is 0 Å². The van der Waals surface area contributed by atoms with Gasteiger partial charge in [0.1, 0.15) is 0 Å². The molecule has 13 heavy (non-hydrogen) atoms. The second-order valence-corrected chi connectivity index (χ2v) is 4.46. The third-order valence-electron chi connectivity index (χ3n) is 1.70. The smallest absolute Gasteiger partial charge is 0.0991 e. The summed E-state index contributed by atoms with van der Waals surface area (Å²) in [5, 5.41) is 2.16. The van der Waals surface area contributed by atoms with Gasteiger partial charge in [-0.25, -0.2) is 4.98 Å². The second-order valence-electron chi connectivity index (χ2n) is 2.80. The Morgan fingerprint density at radius 2 is 1.54 bits per heavy atom. The van der Waals surface area contributed by atoms with E-state index in [1.54, 1.807) is 23.5 Å². The van der Waals surface area contributed by atoms with Crippen molar-refractivity contribution in [1.29, 1.82) is 0 Å². The number of nitrogens with zero attached hydrogens (tertiary/aromatic N) is 2. The standard InChI is InChI=1S/C9H14N2S2/c1-11(2)7-5-8(12-3)10-9(6-7)13-4/h5-6H,1-4H3. The SMILES string of the molecule is CSc1cc(N(C)C)cc(SC)n1. The lowest BCUT2D eigenvalue weighted by Gasteiger charge is -2.13. The van der Waals surface area contributed by atoms with Gasteiger partial charge in [-0.1, -0.05) is 0 Å². The lowest BCUT2D eigenvalue weighted by atomic mass is 10.4. The van der Waals surface area contributed by atoms with Gasteiger partial charge in [0.15, 0.2) is 0 Å². The van der Waals surface area contributed by atoms with E-state index < -0.39 is 0 Å². The van der Waals surface area contributed by atoms with Crippen LogP contribution in [0.5, 0.6) is 0 Å². The van der Waals surface area contributed by atoms with Crippen LogP contribution in [0.25, 0.3) is 0 Å². The highest BCUT2D eigenvalue weighted by Gasteiger charge is 2.02. The maximum atomic E-state index is 4.45. The van der Waals surface area contributed by atoms with Crippen molar-refractivity contribution in [3.05, 3.63) is 12.1 Å². The Balaban J connectivity index is 3.07. The molecule has 0 spiro atoms. The molecule has 1 rings (SSSR count). The molecule has 0 saturated heterocycles. The van der Waals surface area contributed by atoms with Gasteiger partial charge in [-0.05, 0) is 24.6 Å². The predicted molar refractivity (Wildman–Crippen MR) is 62.1 cm³/mol. The summed E-state index contributed by atoms with van der Waals surface area (Å²) >= 11 is 3.36. The first kappa shape index (κ1) is 10.7. The monoisotopic (exact) mass is 214 g/mol. The number of hydrogen-bond donors (Lipinski definition) is 0. The summed E-state index contributed by atoms with van der Waals surface area (Å²) in [6.45, 7) is 0. The molecule has 4 heteroatoms. The Morgan fingerprint density at radius 3 is 1.85 bits per heavy atom. The largest absolute Gasteiger partial charge is 0.378 e. The number of rotatable bonds is 3. The van der Waals surface area contributed by atoms with E-state index in [0.29, 0.717) is 0 Å². The number of hydrogen-bond acceptors (Lipinski definition) is 4. The van der Waals surface area contributed by atoms with Crippen LogP contribution in [0.15, 0.2) is 22.2 Å². The van der Waals surface area contributed by atoms with Gasteiger partial charge < -0.3 is 4.90 Å². The maximum absolute atomic E-state index is 4.45. The third kappa shape index (κ3) is 2.81. The van der Waals surface area contributed by atoms with E-state index in [0.717, 1.165) is 10.1 Å². The van der Waals surface area contributed by atoms with E-state index in [2.05, 4.69) is 22.0 Å². The second kappa shape index (κ2) is 4.77. The first-order valence-electron chi connectivity index (χ1n) is 3.94. The van der Waals surface area contributed by atoms with Gasteiger partial charge in [-0.2, -0.15) is 0 Å². The number of thioether (sulfide) groups is 2. The Morgan fingerprint density at radius 1 is 1.08 bits per heavy atom. The summed E-state index contributed by atoms with van der Waals surface area (Å²) in [7, 11) is 4.09. The fourth-order valence-corrected chi connectivity index (χ4v) is 1.85. The molecule has 0 aliphatic carbocycles. The zero-order valence-corrected chi connectivity index (χ0v) is 10.00. The first-order valence-corrected chi connectivity index (χ1v) is 6.39. The molecular weight excluding hydrogens is 200 g/mol. The van der Waals surface area contributed by atoms with Crippen molar-refractivity contribution in [3.63, 3.8) is 0 Å². The number of pyridine rings is 1. The summed E-state index contributed by atoms with van der Waals surface area (Å²) in [5.41, 5.74) is 1.21. The van der Waals surface area contributed by atoms with E-state index in [1.165, 1.54) is 5.69 Å². The minimum Gasteiger partial charge on any atom is -0.378 e. The van der Waals surface area contributed by atoms with Crippen LogP contribution < -0.4 is 4.90 Å². The Bertz CT molecular complexity index is 265. The lowest BCUT2D eigenvalue weighted by Crippen LogP contribution is -2.09. The molecular formula is C9H14N2S2. The van der Waals surface area contributed by atoms with Gasteiger partial charge in [-0.15, -0.1) is 23.5 Å². The van der Waals surface area contributed by atoms with Gasteiger partial charge in [0.2, 0.25) is 0 Å². The first-order chi connectivity index (χ1) is 6.17. The van der Waals surface area contributed by atoms with Crippen LogP contribution in [0.2, 0.25) is 0 Å². The van der Waals surface area contributed by atoms with Crippen LogP contribution >= 0.6 is 23.5 Å². The quantitative estimate of drug-likeness (QED) is 0.719. The van der Waals surface area contributed by atoms with Gasteiger partial charge in [0.25, 0.3) is 0 Å². The molecule has 0 amide bonds. The van der Waals surface area contributed by atoms with Crippen LogP contribution in [0, 0.1) is 0 Å². The minimum atomic E-state index is 1.08. The molecule has 0 atom stereocenters. The summed E-state index contributed by atoms with van der Waals surface area (Å²) < 4.78 is 0. The van der Waals surface area contributed by atoms with Crippen LogP contribution in [0.4, 0.5) is 5.69 Å². The molecule has 0 aliphatic rings. The van der Waals surface area contributed by atoms with Crippen molar-refractivity contribution in [3.8, 4) is 0 Å². The van der Waals surface area contributed by atoms with Gasteiger partial charge in [-0.3, -0.25) is 0 Å². The van der Waals surface area contributed by atoms with Crippen molar-refractivity contribution in [1.82, 2.24) is 4.98 Å². The third-order valence-corrected chi connectivity index (χ3v) is 2.95. The van der Waals surface area contributed by atoms with Crippen LogP contribution in [-0.2, 0) is 0 Å². The van der Waals surface area contributed by atoms with Gasteiger partial charge in [0.05, 0.1) is 10.1 Å². The Labute approximate surface area is 88.1 Å². The molecule has 0 fully saturated rings. The van der Waals surface area contributed by atoms with E-state index in [4.69, 9.17) is 0 Å². The average molecular weight is 214 g/mol. The van der Waals surface area contributed by atoms with Crippen molar-refractivity contribution in [2.24, 2.45) is 0 Å². The molecule has 1 heterocycles. The highest BCUT2D eigenvalue weighted by atomic mass is 32.2. The zero-order chi connectivity index (χ0) is 9.84. The maximum Gasteiger partial charge on any atom is 0.0991 e. The average Bonchev–Trinajstić information content (AvgIpc) is 2.16. The fourth-order valence-electron chi connectivity index (χ4n) is 0.935. The van der Waals surface area contributed by atoms with E-state index in [1.807, 2.05) is 26.6 Å². The molecule has 0 aliphatic heterocycles. The van der Waals surface area contributed by atoms with Gasteiger partial charge >= 0.3 is 0 Å². The molecule has 0 radical (unpaired) electrons. The number of anilines is 1. The summed E-state index contributed by atoms with van der Waals surface area (Å²) in [4.78, 5) is 6.55. The highest BCUT2D eigenvalue weighted by Crippen LogP contribution is 2.24. The van der Waals surface area contributed by atoms with Crippen molar-refractivity contribution in [2.75, 3.05) is 31.5 Å². The number of aromatic nitrogens is 1.